The molecular formula is C15H22N4O4. The minimum Gasteiger partial charge on any atom is -0.469 e. The van der Waals surface area contributed by atoms with Crippen LogP contribution in [0.3, 0.4) is 0 Å². The van der Waals surface area contributed by atoms with E-state index in [4.69, 9.17) is 14.9 Å². The number of likely N-dealkylation sites (tertiary alicyclic amines) is 1. The second kappa shape index (κ2) is 7.17. The van der Waals surface area contributed by atoms with E-state index >= 15 is 0 Å². The van der Waals surface area contributed by atoms with E-state index < -0.39 is 5.91 Å². The molecule has 1 aromatic heterocycles. The maximum atomic E-state index is 11.8. The number of carbonyl (C=O) groups excluding carboxylic acids is 2. The molecule has 0 aliphatic carbocycles. The Labute approximate surface area is 134 Å². The van der Waals surface area contributed by atoms with Crippen LogP contribution in [0, 0.1) is 11.8 Å². The van der Waals surface area contributed by atoms with Crippen LogP contribution in [-0.4, -0.2) is 50.0 Å². The average molecular weight is 322 g/mol. The molecule has 0 radical (unpaired) electrons. The Morgan fingerprint density at radius 2 is 2.22 bits per heavy atom. The van der Waals surface area contributed by atoms with Crippen LogP contribution in [0.2, 0.25) is 0 Å². The number of nitrogens with one attached hydrogen (secondary N) is 1. The van der Waals surface area contributed by atoms with E-state index in [9.17, 15) is 9.59 Å². The summed E-state index contributed by atoms with van der Waals surface area (Å²) in [5.41, 5.74) is 5.15. The summed E-state index contributed by atoms with van der Waals surface area (Å²) in [5.74, 6) is 0.589. The quantitative estimate of drug-likeness (QED) is 0.465. The Balaban J connectivity index is 1.95. The van der Waals surface area contributed by atoms with Crippen molar-refractivity contribution in [2.75, 3.05) is 27.2 Å². The first kappa shape index (κ1) is 16.9. The van der Waals surface area contributed by atoms with Crippen molar-refractivity contribution in [3.8, 4) is 0 Å². The zero-order chi connectivity index (χ0) is 17.0. The number of hydrogen-bond acceptors (Lipinski definition) is 5. The number of furan rings is 1. The van der Waals surface area contributed by atoms with Gasteiger partial charge < -0.3 is 25.1 Å². The normalized spacial score (nSPS) is 21.3. The maximum absolute atomic E-state index is 11.8. The Morgan fingerprint density at radius 1 is 1.48 bits per heavy atom. The second-order valence-corrected chi connectivity index (χ2v) is 5.54. The van der Waals surface area contributed by atoms with Crippen molar-refractivity contribution in [3.05, 3.63) is 23.7 Å². The fourth-order valence-electron chi connectivity index (χ4n) is 2.70. The van der Waals surface area contributed by atoms with Gasteiger partial charge in [-0.1, -0.05) is 6.92 Å². The highest BCUT2D eigenvalue weighted by Gasteiger charge is 2.36. The molecule has 126 valence electrons. The lowest BCUT2D eigenvalue weighted by Crippen LogP contribution is -2.40. The standard InChI is InChI=1S/C15H22N4O4/c1-9-7-19(8-11(9)14(21)22-3)15(17-2)18-6-10-4-5-12(23-10)13(16)20/h4-5,9,11H,6-8H2,1-3H3,(H2,16,20)(H,17,18). The summed E-state index contributed by atoms with van der Waals surface area (Å²) in [6.07, 6.45) is 0. The van der Waals surface area contributed by atoms with Gasteiger partial charge in [0.05, 0.1) is 19.6 Å². The summed E-state index contributed by atoms with van der Waals surface area (Å²) < 4.78 is 10.2. The van der Waals surface area contributed by atoms with E-state index in [0.717, 1.165) is 0 Å². The topological polar surface area (TPSA) is 110 Å². The van der Waals surface area contributed by atoms with Crippen LogP contribution in [0.5, 0.6) is 0 Å². The van der Waals surface area contributed by atoms with Gasteiger partial charge >= 0.3 is 5.97 Å². The van der Waals surface area contributed by atoms with Crippen molar-refractivity contribution in [2.45, 2.75) is 13.5 Å². The molecule has 0 aromatic carbocycles. The third kappa shape index (κ3) is 3.82. The lowest BCUT2D eigenvalue weighted by molar-refractivity contribution is -0.145. The summed E-state index contributed by atoms with van der Waals surface area (Å²) in [6.45, 7) is 3.65. The van der Waals surface area contributed by atoms with Crippen LogP contribution < -0.4 is 11.1 Å². The highest BCUT2D eigenvalue weighted by Crippen LogP contribution is 2.24. The molecule has 0 spiro atoms. The maximum Gasteiger partial charge on any atom is 0.310 e. The summed E-state index contributed by atoms with van der Waals surface area (Å²) in [4.78, 5) is 29.0. The van der Waals surface area contributed by atoms with Crippen LogP contribution in [0.25, 0.3) is 0 Å². The summed E-state index contributed by atoms with van der Waals surface area (Å²) in [7, 11) is 3.08. The van der Waals surface area contributed by atoms with Gasteiger partial charge in [0, 0.05) is 20.1 Å². The number of nitrogens with two attached hydrogens (primary N) is 1. The number of methoxy groups -OCH3 is 1. The van der Waals surface area contributed by atoms with E-state index in [1.165, 1.54) is 13.2 Å². The number of aliphatic imine (C=N–C) groups is 1. The van der Waals surface area contributed by atoms with Crippen molar-refractivity contribution < 1.29 is 18.7 Å². The van der Waals surface area contributed by atoms with Gasteiger partial charge in [-0.15, -0.1) is 0 Å². The fourth-order valence-corrected chi connectivity index (χ4v) is 2.70. The van der Waals surface area contributed by atoms with Crippen LogP contribution in [-0.2, 0) is 16.1 Å². The van der Waals surface area contributed by atoms with E-state index in [0.29, 0.717) is 31.4 Å². The zero-order valence-corrected chi connectivity index (χ0v) is 13.5. The second-order valence-electron chi connectivity index (χ2n) is 5.54. The largest absolute Gasteiger partial charge is 0.469 e. The fraction of sp³-hybridized carbons (Fsp3) is 0.533. The molecular weight excluding hydrogens is 300 g/mol. The highest BCUT2D eigenvalue weighted by atomic mass is 16.5. The summed E-state index contributed by atoms with van der Waals surface area (Å²) >= 11 is 0. The molecule has 23 heavy (non-hydrogen) atoms. The van der Waals surface area contributed by atoms with Crippen LogP contribution >= 0.6 is 0 Å². The molecule has 2 unspecified atom stereocenters. The minimum atomic E-state index is -0.602. The SMILES string of the molecule is CN=C(NCc1ccc(C(N)=O)o1)N1CC(C)C(C(=O)OC)C1. The summed E-state index contributed by atoms with van der Waals surface area (Å²) in [6, 6.07) is 3.22. The van der Waals surface area contributed by atoms with Crippen molar-refractivity contribution in [2.24, 2.45) is 22.6 Å². The molecule has 8 nitrogen and oxygen atoms in total. The Morgan fingerprint density at radius 3 is 2.78 bits per heavy atom. The number of carbonyl (C=O) groups is 2. The third-order valence-corrected chi connectivity index (χ3v) is 3.95. The number of primary amides is 1. The molecule has 2 atom stereocenters. The smallest absolute Gasteiger partial charge is 0.310 e. The molecule has 8 heteroatoms. The molecule has 1 amide bonds. The number of esters is 1. The number of nitrogens with zero attached hydrogens (tertiary/aromatic N) is 2. The van der Waals surface area contributed by atoms with Gasteiger partial charge in [0.15, 0.2) is 11.7 Å². The van der Waals surface area contributed by atoms with Crippen molar-refractivity contribution in [1.82, 2.24) is 10.2 Å². The van der Waals surface area contributed by atoms with Gasteiger partial charge in [0.1, 0.15) is 5.76 Å². The van der Waals surface area contributed by atoms with E-state index in [2.05, 4.69) is 10.3 Å². The first-order valence-corrected chi connectivity index (χ1v) is 7.38. The first-order valence-electron chi connectivity index (χ1n) is 7.38. The monoisotopic (exact) mass is 322 g/mol. The first-order chi connectivity index (χ1) is 11.0. The zero-order valence-electron chi connectivity index (χ0n) is 13.5. The van der Waals surface area contributed by atoms with Gasteiger partial charge in [-0.05, 0) is 18.1 Å². The Kier molecular flexibility index (Phi) is 5.25. The van der Waals surface area contributed by atoms with Gasteiger partial charge in [-0.3, -0.25) is 14.6 Å². The molecule has 2 rings (SSSR count). The molecule has 2 heterocycles. The summed E-state index contributed by atoms with van der Waals surface area (Å²) in [5, 5.41) is 3.16. The molecule has 1 saturated heterocycles. The van der Waals surface area contributed by atoms with Gasteiger partial charge in [0.2, 0.25) is 0 Å². The molecule has 1 aliphatic heterocycles. The van der Waals surface area contributed by atoms with Gasteiger partial charge in [-0.2, -0.15) is 0 Å². The van der Waals surface area contributed by atoms with Gasteiger partial charge in [0.25, 0.3) is 5.91 Å². The van der Waals surface area contributed by atoms with Crippen molar-refractivity contribution in [1.29, 1.82) is 0 Å². The Bertz CT molecular complexity index is 610. The number of rotatable bonds is 4. The lowest BCUT2D eigenvalue weighted by Gasteiger charge is -2.21. The molecule has 3 N–H and O–H groups in total. The van der Waals surface area contributed by atoms with E-state index in [1.807, 2.05) is 11.8 Å². The number of guanidine groups is 1. The van der Waals surface area contributed by atoms with Crippen LogP contribution in [0.15, 0.2) is 21.5 Å². The number of amides is 1. The predicted molar refractivity (Wildman–Crippen MR) is 83.7 cm³/mol. The molecule has 1 fully saturated rings. The predicted octanol–water partition coefficient (Wildman–Crippen LogP) is 0.195. The average Bonchev–Trinajstić information content (AvgIpc) is 3.14. The Hall–Kier alpha value is -2.51. The van der Waals surface area contributed by atoms with Crippen LogP contribution in [0.1, 0.15) is 23.2 Å². The number of ether oxygens (including phenoxy) is 1. The van der Waals surface area contributed by atoms with Gasteiger partial charge in [-0.25, -0.2) is 0 Å². The molecule has 0 bridgehead atoms. The third-order valence-electron chi connectivity index (χ3n) is 3.95. The highest BCUT2D eigenvalue weighted by molar-refractivity contribution is 5.89. The van der Waals surface area contributed by atoms with Crippen molar-refractivity contribution >= 4 is 17.8 Å². The molecule has 1 aromatic rings. The van der Waals surface area contributed by atoms with Crippen LogP contribution in [0.4, 0.5) is 0 Å². The lowest BCUT2D eigenvalue weighted by atomic mass is 9.99. The van der Waals surface area contributed by atoms with E-state index in [-0.39, 0.29) is 23.6 Å². The molecule has 0 saturated carbocycles. The minimum absolute atomic E-state index is 0.123. The van der Waals surface area contributed by atoms with E-state index in [1.54, 1.807) is 13.1 Å². The molecule has 1 aliphatic rings. The number of hydrogen-bond donors (Lipinski definition) is 2. The van der Waals surface area contributed by atoms with Crippen molar-refractivity contribution in [3.63, 3.8) is 0 Å².